The summed E-state index contributed by atoms with van der Waals surface area (Å²) < 4.78 is 0. The number of ketones is 2. The molecule has 2 rings (SSSR count). The lowest BCUT2D eigenvalue weighted by atomic mass is 9.95. The van der Waals surface area contributed by atoms with Gasteiger partial charge in [-0.3, -0.25) is 9.59 Å². The minimum Gasteiger partial charge on any atom is -0.299 e. The Bertz CT molecular complexity index is 488. The highest BCUT2D eigenvalue weighted by molar-refractivity contribution is 8.01. The van der Waals surface area contributed by atoms with E-state index in [-0.39, 0.29) is 22.7 Å². The van der Waals surface area contributed by atoms with Gasteiger partial charge in [0, 0.05) is 17.2 Å². The number of carbonyl (C=O) groups excluding carboxylic acids is 2. The molecule has 0 saturated heterocycles. The van der Waals surface area contributed by atoms with Crippen LogP contribution < -0.4 is 0 Å². The molecule has 2 nitrogen and oxygen atoms in total. The van der Waals surface area contributed by atoms with Crippen molar-refractivity contribution < 1.29 is 9.59 Å². The molecule has 0 aromatic heterocycles. The molecule has 0 amide bonds. The third-order valence-electron chi connectivity index (χ3n) is 3.25. The van der Waals surface area contributed by atoms with E-state index in [4.69, 9.17) is 0 Å². The molecular weight excluding hydrogens is 244 g/mol. The maximum atomic E-state index is 12.1. The van der Waals surface area contributed by atoms with Gasteiger partial charge in [0.25, 0.3) is 0 Å². The van der Waals surface area contributed by atoms with Crippen LogP contribution in [0.5, 0.6) is 0 Å². The molecule has 0 saturated carbocycles. The summed E-state index contributed by atoms with van der Waals surface area (Å²) in [6.45, 7) is 3.47. The number of thioether (sulfide) groups is 1. The zero-order valence-corrected chi connectivity index (χ0v) is 11.4. The van der Waals surface area contributed by atoms with Crippen LogP contribution in [-0.2, 0) is 4.79 Å². The summed E-state index contributed by atoms with van der Waals surface area (Å²) in [7, 11) is 0. The Kier molecular flexibility index (Phi) is 4.02. The standard InChI is InChI=1S/C15H16O2S/c1-10(11(2)16)12-5-7-13(8-6-12)15(17)14-4-3-9-18-14/h3-8,10,14H,9H2,1-2H3. The summed E-state index contributed by atoms with van der Waals surface area (Å²) in [6, 6.07) is 7.40. The average Bonchev–Trinajstić information content (AvgIpc) is 2.91. The second kappa shape index (κ2) is 5.53. The molecule has 0 N–H and O–H groups in total. The number of Topliss-reactive ketones (excluding diaryl/α,β-unsaturated/α-hetero) is 2. The molecule has 0 radical (unpaired) electrons. The Balaban J connectivity index is 2.14. The van der Waals surface area contributed by atoms with Crippen molar-refractivity contribution in [3.05, 3.63) is 47.5 Å². The van der Waals surface area contributed by atoms with E-state index in [1.165, 1.54) is 0 Å². The molecule has 1 aliphatic rings. The lowest BCUT2D eigenvalue weighted by Gasteiger charge is -2.10. The SMILES string of the molecule is CC(=O)C(C)c1ccc(C(=O)C2C=CCS2)cc1. The van der Waals surface area contributed by atoms with Gasteiger partial charge in [0.2, 0.25) is 0 Å². The fourth-order valence-corrected chi connectivity index (χ4v) is 2.83. The normalized spacial score (nSPS) is 19.8. The minimum atomic E-state index is -0.102. The zero-order valence-electron chi connectivity index (χ0n) is 10.6. The predicted molar refractivity (Wildman–Crippen MR) is 75.3 cm³/mol. The van der Waals surface area contributed by atoms with Crippen molar-refractivity contribution in [3.8, 4) is 0 Å². The van der Waals surface area contributed by atoms with E-state index < -0.39 is 0 Å². The highest BCUT2D eigenvalue weighted by Crippen LogP contribution is 2.24. The van der Waals surface area contributed by atoms with Crippen LogP contribution in [0.3, 0.4) is 0 Å². The molecule has 94 valence electrons. The van der Waals surface area contributed by atoms with Crippen molar-refractivity contribution in [1.29, 1.82) is 0 Å². The first-order chi connectivity index (χ1) is 8.59. The smallest absolute Gasteiger partial charge is 0.179 e. The molecular formula is C15H16O2S. The van der Waals surface area contributed by atoms with Gasteiger partial charge in [0.1, 0.15) is 5.78 Å². The van der Waals surface area contributed by atoms with Crippen LogP contribution in [0.1, 0.15) is 35.7 Å². The van der Waals surface area contributed by atoms with E-state index in [9.17, 15) is 9.59 Å². The Morgan fingerprint density at radius 2 is 1.94 bits per heavy atom. The lowest BCUT2D eigenvalue weighted by Crippen LogP contribution is -2.13. The van der Waals surface area contributed by atoms with E-state index in [1.54, 1.807) is 18.7 Å². The van der Waals surface area contributed by atoms with Crippen molar-refractivity contribution in [3.63, 3.8) is 0 Å². The van der Waals surface area contributed by atoms with Crippen LogP contribution >= 0.6 is 11.8 Å². The topological polar surface area (TPSA) is 34.1 Å². The van der Waals surface area contributed by atoms with Gasteiger partial charge in [-0.25, -0.2) is 0 Å². The van der Waals surface area contributed by atoms with Crippen LogP contribution in [0, 0.1) is 0 Å². The first-order valence-corrected chi connectivity index (χ1v) is 7.07. The fourth-order valence-electron chi connectivity index (χ4n) is 1.89. The van der Waals surface area contributed by atoms with Gasteiger partial charge >= 0.3 is 0 Å². The predicted octanol–water partition coefficient (Wildman–Crippen LogP) is 3.23. The van der Waals surface area contributed by atoms with E-state index in [0.717, 1.165) is 16.9 Å². The van der Waals surface area contributed by atoms with Crippen molar-refractivity contribution in [1.82, 2.24) is 0 Å². The van der Waals surface area contributed by atoms with Crippen LogP contribution in [0.2, 0.25) is 0 Å². The molecule has 3 heteroatoms. The molecule has 1 aromatic carbocycles. The van der Waals surface area contributed by atoms with E-state index in [0.29, 0.717) is 0 Å². The van der Waals surface area contributed by atoms with Gasteiger partial charge in [0.15, 0.2) is 5.78 Å². The Hall–Kier alpha value is -1.35. The van der Waals surface area contributed by atoms with Gasteiger partial charge in [0.05, 0.1) is 5.25 Å². The number of rotatable bonds is 4. The first kappa shape index (κ1) is 13.1. The van der Waals surface area contributed by atoms with Gasteiger partial charge in [-0.1, -0.05) is 43.3 Å². The molecule has 1 heterocycles. The van der Waals surface area contributed by atoms with Crippen molar-refractivity contribution >= 4 is 23.3 Å². The van der Waals surface area contributed by atoms with Crippen LogP contribution in [0.15, 0.2) is 36.4 Å². The van der Waals surface area contributed by atoms with Crippen LogP contribution in [-0.4, -0.2) is 22.6 Å². The Morgan fingerprint density at radius 3 is 2.44 bits per heavy atom. The summed E-state index contributed by atoms with van der Waals surface area (Å²) in [5.74, 6) is 1.10. The third kappa shape index (κ3) is 2.72. The van der Waals surface area contributed by atoms with Crippen LogP contribution in [0.25, 0.3) is 0 Å². The summed E-state index contributed by atoms with van der Waals surface area (Å²) in [4.78, 5) is 23.4. The van der Waals surface area contributed by atoms with Gasteiger partial charge < -0.3 is 0 Å². The number of carbonyl (C=O) groups is 2. The third-order valence-corrected chi connectivity index (χ3v) is 4.36. The molecule has 0 spiro atoms. The second-order valence-electron chi connectivity index (χ2n) is 4.50. The molecule has 0 aliphatic carbocycles. The molecule has 0 bridgehead atoms. The second-order valence-corrected chi connectivity index (χ2v) is 5.68. The zero-order chi connectivity index (χ0) is 13.1. The van der Waals surface area contributed by atoms with Gasteiger partial charge in [-0.15, -0.1) is 11.8 Å². The lowest BCUT2D eigenvalue weighted by molar-refractivity contribution is -0.118. The summed E-state index contributed by atoms with van der Waals surface area (Å²) >= 11 is 1.65. The maximum Gasteiger partial charge on any atom is 0.179 e. The summed E-state index contributed by atoms with van der Waals surface area (Å²) in [6.07, 6.45) is 3.98. The van der Waals surface area contributed by atoms with E-state index in [1.807, 2.05) is 43.3 Å². The Labute approximate surface area is 111 Å². The van der Waals surface area contributed by atoms with Crippen LogP contribution in [0.4, 0.5) is 0 Å². The first-order valence-electron chi connectivity index (χ1n) is 6.02. The van der Waals surface area contributed by atoms with Crippen molar-refractivity contribution in [2.24, 2.45) is 0 Å². The van der Waals surface area contributed by atoms with Gasteiger partial charge in [-0.2, -0.15) is 0 Å². The number of hydrogen-bond acceptors (Lipinski definition) is 3. The molecule has 1 aliphatic heterocycles. The highest BCUT2D eigenvalue weighted by Gasteiger charge is 2.20. The van der Waals surface area contributed by atoms with E-state index >= 15 is 0 Å². The molecule has 0 fully saturated rings. The summed E-state index contributed by atoms with van der Waals surface area (Å²) in [5.41, 5.74) is 1.69. The molecule has 1 aromatic rings. The maximum absolute atomic E-state index is 12.1. The molecule has 2 atom stereocenters. The largest absolute Gasteiger partial charge is 0.299 e. The Morgan fingerprint density at radius 1 is 1.28 bits per heavy atom. The average molecular weight is 260 g/mol. The van der Waals surface area contributed by atoms with E-state index in [2.05, 4.69) is 0 Å². The monoisotopic (exact) mass is 260 g/mol. The van der Waals surface area contributed by atoms with Crippen molar-refractivity contribution in [2.45, 2.75) is 25.0 Å². The number of benzene rings is 1. The van der Waals surface area contributed by atoms with Gasteiger partial charge in [-0.05, 0) is 12.5 Å². The summed E-state index contributed by atoms with van der Waals surface area (Å²) in [5, 5.41) is -0.0407. The van der Waals surface area contributed by atoms with Crippen molar-refractivity contribution in [2.75, 3.05) is 5.75 Å². The minimum absolute atomic E-state index is 0.0407. The molecule has 2 unspecified atom stereocenters. The molecule has 18 heavy (non-hydrogen) atoms. The fraction of sp³-hybridized carbons (Fsp3) is 0.333. The number of hydrogen-bond donors (Lipinski definition) is 0. The highest BCUT2D eigenvalue weighted by atomic mass is 32.2. The quantitative estimate of drug-likeness (QED) is 0.615.